The van der Waals surface area contributed by atoms with E-state index in [1.54, 1.807) is 19.1 Å². The number of sulfonamides is 1. The van der Waals surface area contributed by atoms with Gasteiger partial charge in [0.2, 0.25) is 0 Å². The first kappa shape index (κ1) is 12.2. The predicted molar refractivity (Wildman–Crippen MR) is 65.2 cm³/mol. The van der Waals surface area contributed by atoms with Gasteiger partial charge in [0.05, 0.1) is 12.8 Å². The number of rotatable bonds is 1. The Morgan fingerprint density at radius 3 is 2.65 bits per heavy atom. The Morgan fingerprint density at radius 2 is 2.06 bits per heavy atom. The number of hydrogen-bond acceptors (Lipinski definition) is 4. The normalized spacial score (nSPS) is 17.4. The molecule has 0 unspecified atom stereocenters. The van der Waals surface area contributed by atoms with E-state index in [9.17, 15) is 8.42 Å². The number of ether oxygens (including phenoxy) is 1. The zero-order valence-corrected chi connectivity index (χ0v) is 11.1. The van der Waals surface area contributed by atoms with Crippen molar-refractivity contribution in [3.8, 4) is 5.75 Å². The Hall–Kier alpha value is -1.27. The Kier molecular flexibility index (Phi) is 2.79. The van der Waals surface area contributed by atoms with E-state index in [1.807, 2.05) is 0 Å². The van der Waals surface area contributed by atoms with Gasteiger partial charge in [-0.05, 0) is 19.1 Å². The lowest BCUT2D eigenvalue weighted by molar-refractivity contribution is 0.412. The van der Waals surface area contributed by atoms with Crippen LogP contribution in [-0.2, 0) is 10.0 Å². The smallest absolute Gasteiger partial charge is 0.281 e. The lowest BCUT2D eigenvalue weighted by Crippen LogP contribution is -2.29. The number of benzene rings is 1. The molecule has 7 heteroatoms. The minimum Gasteiger partial charge on any atom is -0.495 e. The Balaban J connectivity index is 2.86. The van der Waals surface area contributed by atoms with Gasteiger partial charge in [-0.25, -0.2) is 0 Å². The first-order valence-corrected chi connectivity index (χ1v) is 6.62. The summed E-state index contributed by atoms with van der Waals surface area (Å²) in [6, 6.07) is 3.27. The molecule has 0 N–H and O–H groups in total. The van der Waals surface area contributed by atoms with Crippen LogP contribution in [0.15, 0.2) is 22.1 Å². The van der Waals surface area contributed by atoms with Gasteiger partial charge < -0.3 is 4.74 Å². The third kappa shape index (κ3) is 1.68. The molecule has 0 bridgehead atoms. The Morgan fingerprint density at radius 1 is 1.41 bits per heavy atom. The van der Waals surface area contributed by atoms with Crippen LogP contribution < -0.4 is 4.74 Å². The molecule has 2 rings (SSSR count). The highest BCUT2D eigenvalue weighted by Crippen LogP contribution is 2.37. The SMILES string of the molecule is COc1ccc2c(c1Cl)S(=O)(=O)N(C)N=C2C. The maximum absolute atomic E-state index is 12.1. The van der Waals surface area contributed by atoms with E-state index >= 15 is 0 Å². The molecule has 0 atom stereocenters. The lowest BCUT2D eigenvalue weighted by Gasteiger charge is -2.24. The van der Waals surface area contributed by atoms with Crippen molar-refractivity contribution in [2.75, 3.05) is 14.2 Å². The molecule has 0 fully saturated rings. The minimum absolute atomic E-state index is 0.0496. The van der Waals surface area contributed by atoms with Crippen LogP contribution in [0.3, 0.4) is 0 Å². The van der Waals surface area contributed by atoms with Gasteiger partial charge in [0.15, 0.2) is 0 Å². The van der Waals surface area contributed by atoms with Crippen molar-refractivity contribution in [2.24, 2.45) is 5.10 Å². The van der Waals surface area contributed by atoms with Gasteiger partial charge in [-0.2, -0.15) is 17.9 Å². The number of methoxy groups -OCH3 is 1. The lowest BCUT2D eigenvalue weighted by atomic mass is 10.1. The summed E-state index contributed by atoms with van der Waals surface area (Å²) in [7, 11) is -0.872. The molecule has 0 amide bonds. The highest BCUT2D eigenvalue weighted by atomic mass is 35.5. The molecule has 1 heterocycles. The summed E-state index contributed by atoms with van der Waals surface area (Å²) in [6.07, 6.45) is 0. The highest BCUT2D eigenvalue weighted by Gasteiger charge is 2.32. The van der Waals surface area contributed by atoms with Crippen molar-refractivity contribution in [3.63, 3.8) is 0 Å². The highest BCUT2D eigenvalue weighted by molar-refractivity contribution is 7.89. The van der Waals surface area contributed by atoms with Crippen molar-refractivity contribution >= 4 is 27.3 Å². The third-order valence-corrected chi connectivity index (χ3v) is 4.77. The summed E-state index contributed by atoms with van der Waals surface area (Å²) in [6.45, 7) is 1.73. The fourth-order valence-electron chi connectivity index (χ4n) is 1.68. The largest absolute Gasteiger partial charge is 0.495 e. The molecule has 5 nitrogen and oxygen atoms in total. The molecule has 1 aromatic carbocycles. The summed E-state index contributed by atoms with van der Waals surface area (Å²) in [5.74, 6) is 0.331. The van der Waals surface area contributed by atoms with Gasteiger partial charge in [0.1, 0.15) is 15.7 Å². The topological polar surface area (TPSA) is 59.0 Å². The van der Waals surface area contributed by atoms with E-state index in [0.29, 0.717) is 17.0 Å². The summed E-state index contributed by atoms with van der Waals surface area (Å²) in [5, 5.41) is 4.02. The average Bonchev–Trinajstić information content (AvgIpc) is 2.26. The molecule has 1 aliphatic heterocycles. The van der Waals surface area contributed by atoms with Crippen LogP contribution in [0.5, 0.6) is 5.75 Å². The summed E-state index contributed by atoms with van der Waals surface area (Å²) < 4.78 is 30.2. The van der Waals surface area contributed by atoms with E-state index in [1.165, 1.54) is 14.2 Å². The van der Waals surface area contributed by atoms with E-state index in [-0.39, 0.29) is 9.92 Å². The molecule has 0 saturated carbocycles. The fourth-order valence-corrected chi connectivity index (χ4v) is 3.53. The van der Waals surface area contributed by atoms with Crippen LogP contribution in [0.4, 0.5) is 0 Å². The van der Waals surface area contributed by atoms with Crippen LogP contribution in [0.1, 0.15) is 12.5 Å². The fraction of sp³-hybridized carbons (Fsp3) is 0.300. The summed E-state index contributed by atoms with van der Waals surface area (Å²) in [4.78, 5) is 0.0496. The van der Waals surface area contributed by atoms with Gasteiger partial charge >= 0.3 is 0 Å². The number of halogens is 1. The zero-order valence-electron chi connectivity index (χ0n) is 9.56. The van der Waals surface area contributed by atoms with Crippen molar-refractivity contribution in [3.05, 3.63) is 22.7 Å². The molecule has 0 saturated heterocycles. The van der Waals surface area contributed by atoms with Gasteiger partial charge in [-0.15, -0.1) is 0 Å². The van der Waals surface area contributed by atoms with Crippen LogP contribution in [0.25, 0.3) is 0 Å². The van der Waals surface area contributed by atoms with Crippen molar-refractivity contribution < 1.29 is 13.2 Å². The number of nitrogens with zero attached hydrogens (tertiary/aromatic N) is 2. The van der Waals surface area contributed by atoms with Crippen LogP contribution in [0, 0.1) is 0 Å². The second kappa shape index (κ2) is 3.89. The third-order valence-electron chi connectivity index (χ3n) is 2.57. The molecule has 0 spiro atoms. The average molecular weight is 275 g/mol. The summed E-state index contributed by atoms with van der Waals surface area (Å²) in [5.41, 5.74) is 1.11. The van der Waals surface area contributed by atoms with E-state index in [4.69, 9.17) is 16.3 Å². The minimum atomic E-state index is -3.68. The van der Waals surface area contributed by atoms with E-state index in [2.05, 4.69) is 5.10 Å². The monoisotopic (exact) mass is 274 g/mol. The van der Waals surface area contributed by atoms with Crippen LogP contribution in [-0.4, -0.2) is 32.7 Å². The number of hydrazone groups is 1. The summed E-state index contributed by atoms with van der Waals surface area (Å²) >= 11 is 6.06. The molecule has 0 aliphatic carbocycles. The Bertz CT molecular complexity index is 610. The van der Waals surface area contributed by atoms with E-state index < -0.39 is 10.0 Å². The van der Waals surface area contributed by atoms with Crippen molar-refractivity contribution in [1.29, 1.82) is 0 Å². The van der Waals surface area contributed by atoms with Crippen LogP contribution in [0.2, 0.25) is 5.02 Å². The standard InChI is InChI=1S/C10H11ClN2O3S/c1-6-7-4-5-8(16-3)9(11)10(7)17(14,15)13(2)12-6/h4-5H,1-3H3. The van der Waals surface area contributed by atoms with Crippen molar-refractivity contribution in [2.45, 2.75) is 11.8 Å². The second-order valence-electron chi connectivity index (χ2n) is 3.58. The molecular weight excluding hydrogens is 264 g/mol. The molecular formula is C10H11ClN2O3S. The molecule has 1 aliphatic rings. The molecule has 92 valence electrons. The van der Waals surface area contributed by atoms with Gasteiger partial charge in [-0.3, -0.25) is 0 Å². The van der Waals surface area contributed by atoms with E-state index in [0.717, 1.165) is 4.41 Å². The molecule has 0 aromatic heterocycles. The van der Waals surface area contributed by atoms with Gasteiger partial charge in [0, 0.05) is 12.6 Å². The zero-order chi connectivity index (χ0) is 12.8. The maximum Gasteiger partial charge on any atom is 0.281 e. The predicted octanol–water partition coefficient (Wildman–Crippen LogP) is 1.71. The van der Waals surface area contributed by atoms with Crippen LogP contribution >= 0.6 is 11.6 Å². The first-order chi connectivity index (χ1) is 7.89. The van der Waals surface area contributed by atoms with Crippen molar-refractivity contribution in [1.82, 2.24) is 4.41 Å². The molecule has 1 aromatic rings. The number of hydrogen-bond donors (Lipinski definition) is 0. The van der Waals surface area contributed by atoms with Gasteiger partial charge in [-0.1, -0.05) is 11.6 Å². The van der Waals surface area contributed by atoms with Gasteiger partial charge in [0.25, 0.3) is 10.0 Å². The first-order valence-electron chi connectivity index (χ1n) is 4.80. The Labute approximate surface area is 105 Å². The maximum atomic E-state index is 12.1. The number of fused-ring (bicyclic) bond motifs is 1. The molecule has 0 radical (unpaired) electrons. The quantitative estimate of drug-likeness (QED) is 0.783. The second-order valence-corrected chi connectivity index (χ2v) is 5.85. The molecule has 17 heavy (non-hydrogen) atoms.